The van der Waals surface area contributed by atoms with Gasteiger partial charge in [-0.25, -0.2) is 0 Å². The van der Waals surface area contributed by atoms with Gasteiger partial charge >= 0.3 is 0 Å². The lowest BCUT2D eigenvalue weighted by atomic mass is 11.8. The molecule has 0 radical (unpaired) electrons. The monoisotopic (exact) mass is 94.0 g/mol. The summed E-state index contributed by atoms with van der Waals surface area (Å²) in [6, 6.07) is 0. The first-order chi connectivity index (χ1) is 2.27. The quantitative estimate of drug-likeness (QED) is 0.432. The zero-order valence-corrected chi connectivity index (χ0v) is 3.74. The summed E-state index contributed by atoms with van der Waals surface area (Å²) in [6.07, 6.45) is 0. The number of hydrogen-bond donors (Lipinski definition) is 1. The second kappa shape index (κ2) is 2.54. The van der Waals surface area contributed by atoms with Crippen molar-refractivity contribution in [1.82, 2.24) is 0 Å². The molecule has 0 aromatic rings. The van der Waals surface area contributed by atoms with Crippen LogP contribution in [-0.2, 0) is 4.52 Å². The molecule has 0 aliphatic heterocycles. The van der Waals surface area contributed by atoms with Gasteiger partial charge in [0.25, 0.3) is 0 Å². The van der Waals surface area contributed by atoms with E-state index in [2.05, 4.69) is 10.0 Å². The Bertz CT molecular complexity index is 23.6. The Morgan fingerprint density at radius 2 is 2.20 bits per heavy atom. The highest BCUT2D eigenvalue weighted by molar-refractivity contribution is 7.41. The van der Waals surface area contributed by atoms with Gasteiger partial charge in [0.2, 0.25) is 0 Å². The molecule has 0 spiro atoms. The summed E-state index contributed by atoms with van der Waals surface area (Å²) in [7, 11) is -0.558. The van der Waals surface area contributed by atoms with Crippen LogP contribution in [0.25, 0.3) is 0 Å². The maximum absolute atomic E-state index is 9.52. The van der Waals surface area contributed by atoms with Crippen LogP contribution in [-0.4, -0.2) is 7.11 Å². The van der Waals surface area contributed by atoms with Crippen molar-refractivity contribution in [3.8, 4) is 0 Å². The van der Waals surface area contributed by atoms with E-state index in [4.69, 9.17) is 0 Å². The summed E-state index contributed by atoms with van der Waals surface area (Å²) < 4.78 is 4.04. The third-order valence-electron chi connectivity index (χ3n) is 0.180. The van der Waals surface area contributed by atoms with Crippen LogP contribution in [0.2, 0.25) is 0 Å². The molecule has 0 fully saturated rings. The van der Waals surface area contributed by atoms with E-state index in [1.165, 1.54) is 7.11 Å². The highest BCUT2D eigenvalue weighted by atomic mass is 31.2. The van der Waals surface area contributed by atoms with Gasteiger partial charge in [-0.05, 0) is 0 Å². The molecule has 0 aromatic carbocycles. The second-order valence-electron chi connectivity index (χ2n) is 0.468. The van der Waals surface area contributed by atoms with Gasteiger partial charge in [-0.3, -0.25) is 5.50 Å². The van der Waals surface area contributed by atoms with E-state index in [1.54, 1.807) is 0 Å². The molecule has 0 saturated carbocycles. The molecule has 0 heterocycles. The summed E-state index contributed by atoms with van der Waals surface area (Å²) in [5.74, 6) is 0. The largest absolute Gasteiger partial charge is 0.796 e. The number of nitrogens with two attached hydrogens (primary N) is 1. The van der Waals surface area contributed by atoms with Gasteiger partial charge in [0, 0.05) is 15.6 Å². The summed E-state index contributed by atoms with van der Waals surface area (Å²) >= 11 is 0. The van der Waals surface area contributed by atoms with Gasteiger partial charge in [0.1, 0.15) is 0 Å². The maximum Gasteiger partial charge on any atom is 0.0399 e. The Hall–Kier alpha value is 0.310. The number of hydrogen-bond acceptors (Lipinski definition) is 3. The van der Waals surface area contributed by atoms with Crippen LogP contribution in [0.4, 0.5) is 0 Å². The topological polar surface area (TPSA) is 58.3 Å². The van der Waals surface area contributed by atoms with Crippen LogP contribution in [0.3, 0.4) is 0 Å². The summed E-state index contributed by atoms with van der Waals surface area (Å²) in [5, 5.41) is 0. The van der Waals surface area contributed by atoms with Crippen LogP contribution in [0, 0.1) is 0 Å². The highest BCUT2D eigenvalue weighted by Crippen LogP contribution is 2.08. The van der Waals surface area contributed by atoms with Crippen molar-refractivity contribution in [2.75, 3.05) is 7.11 Å². The first-order valence-electron chi connectivity index (χ1n) is 1.03. The third kappa shape index (κ3) is 4.31. The Morgan fingerprint density at radius 3 is 2.20 bits per heavy atom. The van der Waals surface area contributed by atoms with Gasteiger partial charge in [-0.2, -0.15) is 0 Å². The fourth-order valence-electron chi connectivity index (χ4n) is 0. The fraction of sp³-hybridized carbons (Fsp3) is 1.00. The van der Waals surface area contributed by atoms with Crippen LogP contribution < -0.4 is 10.4 Å². The highest BCUT2D eigenvalue weighted by Gasteiger charge is 1.65. The zero-order chi connectivity index (χ0) is 4.28. The normalized spacial score (nSPS) is 15.0. The molecule has 1 atom stereocenters. The van der Waals surface area contributed by atoms with Crippen LogP contribution in [0.15, 0.2) is 0 Å². The van der Waals surface area contributed by atoms with Crippen molar-refractivity contribution in [2.45, 2.75) is 0 Å². The predicted octanol–water partition coefficient (Wildman–Crippen LogP) is -0.821. The third-order valence-corrected chi connectivity index (χ3v) is 0.540. The lowest BCUT2D eigenvalue weighted by Crippen LogP contribution is -2.03. The zero-order valence-electron chi connectivity index (χ0n) is 2.84. The summed E-state index contributed by atoms with van der Waals surface area (Å²) in [5.41, 5.74) is 4.58. The van der Waals surface area contributed by atoms with Crippen LogP contribution >= 0.6 is 8.53 Å². The molecule has 4 heteroatoms. The smallest absolute Gasteiger partial charge is 0.0399 e. The van der Waals surface area contributed by atoms with E-state index in [0.717, 1.165) is 0 Å². The fourth-order valence-corrected chi connectivity index (χ4v) is 0. The van der Waals surface area contributed by atoms with Crippen LogP contribution in [0.1, 0.15) is 0 Å². The molecule has 1 unspecified atom stereocenters. The van der Waals surface area contributed by atoms with Gasteiger partial charge in [0.15, 0.2) is 0 Å². The molecule has 2 N–H and O–H groups in total. The molecule has 0 saturated heterocycles. The molecule has 0 aliphatic rings. The Kier molecular flexibility index (Phi) is 2.70. The van der Waals surface area contributed by atoms with E-state index in [-0.39, 0.29) is 0 Å². The Labute approximate surface area is 31.7 Å². The van der Waals surface area contributed by atoms with Crippen molar-refractivity contribution in [2.24, 2.45) is 5.50 Å². The van der Waals surface area contributed by atoms with Gasteiger partial charge < -0.3 is 9.42 Å². The van der Waals surface area contributed by atoms with Gasteiger partial charge in [-0.15, -0.1) is 0 Å². The average Bonchev–Trinajstić information content (AvgIpc) is 1.38. The first-order valence-corrected chi connectivity index (χ1v) is 2.28. The van der Waals surface area contributed by atoms with E-state index >= 15 is 0 Å². The molecule has 0 aliphatic carbocycles. The minimum atomic E-state index is -1.85. The second-order valence-corrected chi connectivity index (χ2v) is 1.40. The molecule has 0 rings (SSSR count). The van der Waals surface area contributed by atoms with E-state index in [9.17, 15) is 4.89 Å². The minimum absolute atomic E-state index is 1.29. The van der Waals surface area contributed by atoms with Gasteiger partial charge in [-0.1, -0.05) is 0 Å². The van der Waals surface area contributed by atoms with E-state index in [1.807, 2.05) is 0 Å². The maximum atomic E-state index is 9.52. The predicted molar refractivity (Wildman–Crippen MR) is 18.1 cm³/mol. The van der Waals surface area contributed by atoms with Gasteiger partial charge in [0.05, 0.1) is 0 Å². The summed E-state index contributed by atoms with van der Waals surface area (Å²) in [6.45, 7) is 0. The molecule has 0 amide bonds. The number of rotatable bonds is 1. The first kappa shape index (κ1) is 5.31. The molecular weight excluding hydrogens is 89.0 g/mol. The van der Waals surface area contributed by atoms with Crippen molar-refractivity contribution in [3.05, 3.63) is 0 Å². The van der Waals surface area contributed by atoms with Crippen molar-refractivity contribution >= 4 is 8.53 Å². The minimum Gasteiger partial charge on any atom is -0.796 e. The molecule has 32 valence electrons. The molecular formula is CH5NO2P-. The molecule has 3 nitrogen and oxygen atoms in total. The lowest BCUT2D eigenvalue weighted by molar-refractivity contribution is -0.178. The standard InChI is InChI=1S/CH5NO2P/c1-4-5(2)3/h2H2,1H3/q-1. The van der Waals surface area contributed by atoms with Crippen LogP contribution in [0.5, 0.6) is 0 Å². The average molecular weight is 94.0 g/mol. The van der Waals surface area contributed by atoms with E-state index in [0.29, 0.717) is 0 Å². The Morgan fingerprint density at radius 1 is 2.00 bits per heavy atom. The van der Waals surface area contributed by atoms with Crippen molar-refractivity contribution in [3.63, 3.8) is 0 Å². The molecule has 0 aromatic heterocycles. The lowest BCUT2D eigenvalue weighted by Gasteiger charge is -2.10. The molecule has 0 bridgehead atoms. The summed E-state index contributed by atoms with van der Waals surface area (Å²) in [4.78, 5) is 9.52. The molecule has 5 heavy (non-hydrogen) atoms. The SMILES string of the molecule is COP(N)[O-]. The van der Waals surface area contributed by atoms with Crippen molar-refractivity contribution < 1.29 is 9.42 Å². The van der Waals surface area contributed by atoms with E-state index < -0.39 is 8.53 Å². The Balaban J connectivity index is 2.54. The van der Waals surface area contributed by atoms with Crippen molar-refractivity contribution in [1.29, 1.82) is 0 Å².